The highest BCUT2D eigenvalue weighted by Crippen LogP contribution is 2.41. The summed E-state index contributed by atoms with van der Waals surface area (Å²) >= 11 is 0. The summed E-state index contributed by atoms with van der Waals surface area (Å²) in [5.74, 6) is -1.69. The standard InChI is InChI=1S/C45H59N9O5.2ClH/c1-31(2)25-36(51-42(57)37(27-33-15-7-4-8-16-33)50-40(55)34(47)26-32-13-5-3-6-14-32)41(56)49-35(17-9-11-21-46)43(58)52-23-19-45(20-24-52)29-54(30-45)44(59)38-28-53-22-12-10-18-39(53)48-38;;/h3-8,10,12-16,18,22,28,31,34-37H,9,11,17,19-21,23-27,29-30,46-47H2,1-2H3,(H,49,56)(H,50,55)(H,51,57);2*1H/t34-,35-,36-,37-;;/m1../s1. The van der Waals surface area contributed by atoms with E-state index in [1.54, 1.807) is 6.20 Å². The van der Waals surface area contributed by atoms with Gasteiger partial charge in [0.25, 0.3) is 5.91 Å². The monoisotopic (exact) mass is 877 g/mol. The van der Waals surface area contributed by atoms with Gasteiger partial charge in [-0.3, -0.25) is 24.0 Å². The Balaban J connectivity index is 0.00000410. The van der Waals surface area contributed by atoms with Gasteiger partial charge >= 0.3 is 0 Å². The highest BCUT2D eigenvalue weighted by Gasteiger charge is 2.48. The van der Waals surface area contributed by atoms with Gasteiger partial charge in [0.15, 0.2) is 0 Å². The Kier molecular flexibility index (Phi) is 18.1. The van der Waals surface area contributed by atoms with Crippen molar-refractivity contribution in [2.24, 2.45) is 22.8 Å². The molecule has 61 heavy (non-hydrogen) atoms. The molecule has 4 aromatic rings. The summed E-state index contributed by atoms with van der Waals surface area (Å²) < 4.78 is 1.84. The largest absolute Gasteiger partial charge is 0.343 e. The number of likely N-dealkylation sites (tertiary alicyclic amines) is 2. The Labute approximate surface area is 370 Å². The number of piperidine rings is 1. The molecule has 16 heteroatoms. The van der Waals surface area contributed by atoms with Crippen LogP contribution < -0.4 is 27.4 Å². The molecule has 0 bridgehead atoms. The summed E-state index contributed by atoms with van der Waals surface area (Å²) in [5, 5.41) is 8.78. The lowest BCUT2D eigenvalue weighted by atomic mass is 9.71. The number of nitrogens with one attached hydrogen (secondary N) is 3. The molecule has 2 aromatic carbocycles. The number of benzene rings is 2. The molecule has 2 fully saturated rings. The summed E-state index contributed by atoms with van der Waals surface area (Å²) in [7, 11) is 0. The van der Waals surface area contributed by atoms with Gasteiger partial charge in [-0.15, -0.1) is 24.8 Å². The molecule has 7 N–H and O–H groups in total. The van der Waals surface area contributed by atoms with Crippen LogP contribution in [0.3, 0.4) is 0 Å². The quantitative estimate of drug-likeness (QED) is 0.0934. The van der Waals surface area contributed by atoms with Gasteiger partial charge in [0.2, 0.25) is 23.6 Å². The number of hydrogen-bond acceptors (Lipinski definition) is 8. The van der Waals surface area contributed by atoms with Crippen molar-refractivity contribution < 1.29 is 24.0 Å². The maximum Gasteiger partial charge on any atom is 0.274 e. The van der Waals surface area contributed by atoms with Crippen molar-refractivity contribution in [2.45, 2.75) is 89.4 Å². The van der Waals surface area contributed by atoms with Gasteiger partial charge in [0, 0.05) is 50.4 Å². The molecule has 2 aliphatic rings. The van der Waals surface area contributed by atoms with E-state index in [-0.39, 0.29) is 54.4 Å². The van der Waals surface area contributed by atoms with Gasteiger partial charge in [0.1, 0.15) is 29.5 Å². The number of hydrogen-bond donors (Lipinski definition) is 5. The zero-order valence-electron chi connectivity index (χ0n) is 35.0. The van der Waals surface area contributed by atoms with E-state index in [4.69, 9.17) is 11.5 Å². The highest BCUT2D eigenvalue weighted by molar-refractivity contribution is 5.95. The van der Waals surface area contributed by atoms with Crippen LogP contribution in [0.5, 0.6) is 0 Å². The van der Waals surface area contributed by atoms with Crippen molar-refractivity contribution in [3.8, 4) is 0 Å². The lowest BCUT2D eigenvalue weighted by molar-refractivity contribution is -0.141. The first-order chi connectivity index (χ1) is 28.4. The maximum atomic E-state index is 14.1. The van der Waals surface area contributed by atoms with Crippen LogP contribution in [0.4, 0.5) is 0 Å². The molecule has 1 spiro atoms. The molecule has 0 saturated carbocycles. The van der Waals surface area contributed by atoms with Gasteiger partial charge in [-0.25, -0.2) is 4.98 Å². The molecule has 2 aliphatic heterocycles. The average Bonchev–Trinajstić information content (AvgIpc) is 3.67. The number of amides is 5. The lowest BCUT2D eigenvalue weighted by Crippen LogP contribution is -2.63. The van der Waals surface area contributed by atoms with Crippen LogP contribution in [0.2, 0.25) is 0 Å². The Hall–Kier alpha value is -5.02. The Morgan fingerprint density at radius 2 is 1.30 bits per heavy atom. The van der Waals surface area contributed by atoms with Crippen LogP contribution in [0.15, 0.2) is 91.3 Å². The van der Waals surface area contributed by atoms with Crippen molar-refractivity contribution in [1.82, 2.24) is 35.1 Å². The molecule has 0 unspecified atom stereocenters. The third kappa shape index (κ3) is 13.0. The molecule has 4 heterocycles. The molecular formula is C45H61Cl2N9O5. The summed E-state index contributed by atoms with van der Waals surface area (Å²) in [6.45, 7) is 6.62. The second kappa shape index (κ2) is 22.7. The van der Waals surface area contributed by atoms with Crippen LogP contribution in [0.1, 0.15) is 74.0 Å². The van der Waals surface area contributed by atoms with E-state index in [0.29, 0.717) is 70.5 Å². The zero-order valence-corrected chi connectivity index (χ0v) is 36.7. The topological polar surface area (TPSA) is 197 Å². The number of carbonyl (C=O) groups excluding carboxylic acids is 5. The second-order valence-corrected chi connectivity index (χ2v) is 16.7. The smallest absolute Gasteiger partial charge is 0.274 e. The molecular weight excluding hydrogens is 817 g/mol. The van der Waals surface area contributed by atoms with Gasteiger partial charge in [0.05, 0.1) is 6.04 Å². The minimum absolute atomic E-state index is 0. The molecule has 0 radical (unpaired) electrons. The fourth-order valence-corrected chi connectivity index (χ4v) is 8.14. The van der Waals surface area contributed by atoms with Crippen molar-refractivity contribution >= 4 is 60.0 Å². The van der Waals surface area contributed by atoms with Crippen LogP contribution in [0, 0.1) is 11.3 Å². The maximum absolute atomic E-state index is 14.1. The molecule has 14 nitrogen and oxygen atoms in total. The average molecular weight is 879 g/mol. The summed E-state index contributed by atoms with van der Waals surface area (Å²) in [6, 6.07) is 20.7. The number of halogens is 2. The SMILES string of the molecule is CC(C)C[C@@H](NC(=O)[C@@H](Cc1ccccc1)NC(=O)[C@H](N)Cc1ccccc1)C(=O)N[C@H](CCCCN)C(=O)N1CCC2(CC1)CN(C(=O)c1cn3ccccc3n1)C2.Cl.Cl. The number of rotatable bonds is 18. The van der Waals surface area contributed by atoms with E-state index >= 15 is 0 Å². The first-order valence-corrected chi connectivity index (χ1v) is 20.9. The van der Waals surface area contributed by atoms with Crippen molar-refractivity contribution in [2.75, 3.05) is 32.7 Å². The molecule has 5 amide bonds. The molecule has 6 rings (SSSR count). The van der Waals surface area contributed by atoms with Gasteiger partial charge < -0.3 is 41.6 Å². The number of pyridine rings is 1. The van der Waals surface area contributed by atoms with Crippen molar-refractivity contribution in [1.29, 1.82) is 0 Å². The number of carbonyl (C=O) groups is 5. The van der Waals surface area contributed by atoms with E-state index in [2.05, 4.69) is 20.9 Å². The Morgan fingerprint density at radius 3 is 1.90 bits per heavy atom. The fraction of sp³-hybridized carbons (Fsp3) is 0.467. The molecule has 330 valence electrons. The number of imidazole rings is 1. The second-order valence-electron chi connectivity index (χ2n) is 16.7. The van der Waals surface area contributed by atoms with Crippen LogP contribution in [-0.2, 0) is 32.0 Å². The van der Waals surface area contributed by atoms with Crippen LogP contribution >= 0.6 is 24.8 Å². The van der Waals surface area contributed by atoms with E-state index in [9.17, 15) is 24.0 Å². The van der Waals surface area contributed by atoms with Crippen LogP contribution in [0.25, 0.3) is 5.65 Å². The lowest BCUT2D eigenvalue weighted by Gasteiger charge is -2.54. The predicted molar refractivity (Wildman–Crippen MR) is 240 cm³/mol. The minimum atomic E-state index is -1.01. The van der Waals surface area contributed by atoms with Crippen molar-refractivity contribution in [3.05, 3.63) is 108 Å². The fourth-order valence-electron chi connectivity index (χ4n) is 8.14. The van der Waals surface area contributed by atoms with E-state index < -0.39 is 41.9 Å². The first-order valence-electron chi connectivity index (χ1n) is 20.9. The van der Waals surface area contributed by atoms with Crippen LogP contribution in [-0.4, -0.2) is 106 Å². The first kappa shape index (κ1) is 48.6. The normalized spacial score (nSPS) is 16.3. The number of aromatic nitrogens is 2. The Bertz CT molecular complexity index is 2020. The molecule has 4 atom stereocenters. The summed E-state index contributed by atoms with van der Waals surface area (Å²) in [5.41, 5.74) is 14.9. The predicted octanol–water partition coefficient (Wildman–Crippen LogP) is 3.68. The minimum Gasteiger partial charge on any atom is -0.343 e. The third-order valence-electron chi connectivity index (χ3n) is 11.5. The number of unbranched alkanes of at least 4 members (excludes halogenated alkanes) is 1. The van der Waals surface area contributed by atoms with E-state index in [1.807, 2.05) is 113 Å². The summed E-state index contributed by atoms with van der Waals surface area (Å²) in [4.78, 5) is 77.1. The van der Waals surface area contributed by atoms with E-state index in [0.717, 1.165) is 29.6 Å². The highest BCUT2D eigenvalue weighted by atomic mass is 35.5. The van der Waals surface area contributed by atoms with E-state index in [1.165, 1.54) is 0 Å². The van der Waals surface area contributed by atoms with Gasteiger partial charge in [-0.1, -0.05) is 80.6 Å². The van der Waals surface area contributed by atoms with Gasteiger partial charge in [-0.05, 0) is 80.7 Å². The third-order valence-corrected chi connectivity index (χ3v) is 11.5. The molecule has 0 aliphatic carbocycles. The number of nitrogens with zero attached hydrogens (tertiary/aromatic N) is 4. The molecule has 2 aromatic heterocycles. The van der Waals surface area contributed by atoms with Gasteiger partial charge in [-0.2, -0.15) is 0 Å². The summed E-state index contributed by atoms with van der Waals surface area (Å²) in [6.07, 6.45) is 7.64. The number of fused-ring (bicyclic) bond motifs is 1. The molecule has 2 saturated heterocycles. The van der Waals surface area contributed by atoms with Crippen molar-refractivity contribution in [3.63, 3.8) is 0 Å². The zero-order chi connectivity index (χ0) is 41.9. The number of nitrogens with two attached hydrogens (primary N) is 2. The Morgan fingerprint density at radius 1 is 0.721 bits per heavy atom.